The fraction of sp³-hybridized carbons (Fsp3) is 1.00. The minimum atomic E-state index is -2.74. The molecule has 0 unspecified atom stereocenters. The Kier molecular flexibility index (Phi) is 7.04. The second kappa shape index (κ2) is 6.47. The molecule has 0 amide bonds. The summed E-state index contributed by atoms with van der Waals surface area (Å²) < 4.78 is 15.7. The first-order valence-corrected chi connectivity index (χ1v) is 9.51. The van der Waals surface area contributed by atoms with Crippen LogP contribution in [0.4, 0.5) is 0 Å². The Bertz CT molecular complexity index is 89.6. The number of hydrogen-bond acceptors (Lipinski definition) is 4. The van der Waals surface area contributed by atoms with Crippen LogP contribution in [0.5, 0.6) is 0 Å². The van der Waals surface area contributed by atoms with Gasteiger partial charge in [-0.3, -0.25) is 0 Å². The molecular formula is C6H16IO3S-. The van der Waals surface area contributed by atoms with Crippen LogP contribution in [0.15, 0.2) is 0 Å². The fourth-order valence-electron chi connectivity index (χ4n) is 0.494. The van der Waals surface area contributed by atoms with Crippen molar-refractivity contribution in [2.45, 2.75) is 13.3 Å². The predicted molar refractivity (Wildman–Crippen MR) is 43.8 cm³/mol. The van der Waals surface area contributed by atoms with Crippen molar-refractivity contribution in [2.75, 3.05) is 27.1 Å². The molecule has 0 fully saturated rings. The van der Waals surface area contributed by atoms with E-state index < -0.39 is 18.3 Å². The first-order valence-electron chi connectivity index (χ1n) is 3.34. The van der Waals surface area contributed by atoms with Gasteiger partial charge in [0.1, 0.15) is 0 Å². The fourth-order valence-corrected chi connectivity index (χ4v) is 7.41. The van der Waals surface area contributed by atoms with Gasteiger partial charge in [-0.15, -0.1) is 0 Å². The van der Waals surface area contributed by atoms with Crippen LogP contribution in [-0.4, -0.2) is 27.1 Å². The Morgan fingerprint density at radius 2 is 1.55 bits per heavy atom. The molecule has 0 aromatic carbocycles. The summed E-state index contributed by atoms with van der Waals surface area (Å²) in [5.74, 6) is 1.03. The zero-order valence-corrected chi connectivity index (χ0v) is 10.4. The van der Waals surface area contributed by atoms with Crippen molar-refractivity contribution in [1.29, 1.82) is 0 Å². The minimum absolute atomic E-state index is 1.03. The molecule has 0 N–H and O–H groups in total. The number of hydrogen-bond donors (Lipinski definition) is 0. The van der Waals surface area contributed by atoms with Gasteiger partial charge in [0, 0.05) is 0 Å². The van der Waals surface area contributed by atoms with Crippen LogP contribution in [0.3, 0.4) is 0 Å². The van der Waals surface area contributed by atoms with Crippen molar-refractivity contribution >= 4 is 8.93 Å². The molecule has 0 spiro atoms. The summed E-state index contributed by atoms with van der Waals surface area (Å²) in [6, 6.07) is 0. The third kappa shape index (κ3) is 3.93. The van der Waals surface area contributed by atoms with Gasteiger partial charge in [-0.25, -0.2) is 0 Å². The van der Waals surface area contributed by atoms with Crippen molar-refractivity contribution < 1.29 is 27.5 Å². The molecule has 0 aliphatic rings. The normalized spacial score (nSPS) is 13.5. The van der Waals surface area contributed by atoms with Gasteiger partial charge in [0.25, 0.3) is 0 Å². The molecule has 0 aromatic heterocycles. The monoisotopic (exact) mass is 295 g/mol. The maximum atomic E-state index is 5.24. The summed E-state index contributed by atoms with van der Waals surface area (Å²) in [5.41, 5.74) is 0. The van der Waals surface area contributed by atoms with Gasteiger partial charge in [0.05, 0.1) is 0 Å². The van der Waals surface area contributed by atoms with Crippen LogP contribution in [-0.2, 0) is 9.20 Å². The maximum absolute atomic E-state index is 5.24. The van der Waals surface area contributed by atoms with Crippen LogP contribution in [0, 0.1) is 0 Å². The van der Waals surface area contributed by atoms with E-state index in [0.717, 1.165) is 12.2 Å². The summed E-state index contributed by atoms with van der Waals surface area (Å²) in [6.07, 6.45) is 1.12. The molecule has 0 rings (SSSR count). The van der Waals surface area contributed by atoms with Crippen LogP contribution < -0.4 is 18.3 Å². The van der Waals surface area contributed by atoms with Crippen molar-refractivity contribution in [2.24, 2.45) is 0 Å². The molecule has 0 aliphatic carbocycles. The van der Waals surface area contributed by atoms with Crippen molar-refractivity contribution in [1.82, 2.24) is 0 Å². The number of halogens is 1. The van der Waals surface area contributed by atoms with Crippen molar-refractivity contribution in [3.63, 3.8) is 0 Å². The van der Waals surface area contributed by atoms with Gasteiger partial charge < -0.3 is 0 Å². The van der Waals surface area contributed by atoms with Crippen molar-refractivity contribution in [3.8, 4) is 0 Å². The van der Waals surface area contributed by atoms with Gasteiger partial charge in [-0.1, -0.05) is 0 Å². The zero-order valence-electron chi connectivity index (χ0n) is 7.43. The van der Waals surface area contributed by atoms with Crippen molar-refractivity contribution in [3.05, 3.63) is 0 Å². The number of rotatable bonds is 6. The molecule has 0 heterocycles. The van der Waals surface area contributed by atoms with E-state index in [1.54, 1.807) is 30.3 Å². The third-order valence-electron chi connectivity index (χ3n) is 0.982. The van der Waals surface area contributed by atoms with Gasteiger partial charge in [0.2, 0.25) is 0 Å². The van der Waals surface area contributed by atoms with Gasteiger partial charge >= 0.3 is 76.9 Å². The Balaban J connectivity index is 3.84. The first kappa shape index (κ1) is 12.0. The van der Waals surface area contributed by atoms with Crippen LogP contribution in [0.25, 0.3) is 0 Å². The van der Waals surface area contributed by atoms with Gasteiger partial charge in [-0.2, -0.15) is 0 Å². The van der Waals surface area contributed by atoms with Crippen LogP contribution >= 0.6 is 8.93 Å². The quantitative estimate of drug-likeness (QED) is 0.581. The average molecular weight is 295 g/mol. The Labute approximate surface area is 76.8 Å². The first-order chi connectivity index (χ1) is 5.24. The Hall–Kier alpha value is 0.960. The Morgan fingerprint density at radius 3 is 1.82 bits per heavy atom. The van der Waals surface area contributed by atoms with E-state index in [0.29, 0.717) is 0 Å². The molecule has 0 atom stereocenters. The molecule has 72 valence electrons. The van der Waals surface area contributed by atoms with Gasteiger partial charge in [-0.05, 0) is 0 Å². The summed E-state index contributed by atoms with van der Waals surface area (Å²) in [7, 11) is 6.62. The summed E-state index contributed by atoms with van der Waals surface area (Å²) in [4.78, 5) is 0. The second-order valence-corrected chi connectivity index (χ2v) is 11.5. The van der Waals surface area contributed by atoms with E-state index in [-0.39, 0.29) is 0 Å². The topological polar surface area (TPSA) is 27.7 Å². The van der Waals surface area contributed by atoms with Crippen LogP contribution in [0.1, 0.15) is 13.3 Å². The van der Waals surface area contributed by atoms with E-state index in [2.05, 4.69) is 6.92 Å². The standard InChI is InChI=1S/C6H16IO3S/c1-5-6-11-7(8-2,9-3)10-4/h5-6H2,1-4H3/q-1. The third-order valence-corrected chi connectivity index (χ3v) is 11.2. The molecule has 0 saturated heterocycles. The Morgan fingerprint density at radius 1 is 1.09 bits per heavy atom. The molecule has 3 nitrogen and oxygen atoms in total. The zero-order chi connectivity index (χ0) is 8.74. The average Bonchev–Trinajstić information content (AvgIpc) is 2.08. The van der Waals surface area contributed by atoms with Gasteiger partial charge in [0.15, 0.2) is 0 Å². The van der Waals surface area contributed by atoms with E-state index in [1.165, 1.54) is 0 Å². The summed E-state index contributed by atoms with van der Waals surface area (Å²) >= 11 is -2.74. The molecule has 11 heavy (non-hydrogen) atoms. The summed E-state index contributed by atoms with van der Waals surface area (Å²) in [5, 5.41) is 0. The van der Waals surface area contributed by atoms with E-state index in [4.69, 9.17) is 9.20 Å². The molecule has 5 heteroatoms. The molecule has 0 aliphatic heterocycles. The van der Waals surface area contributed by atoms with E-state index >= 15 is 0 Å². The summed E-state index contributed by atoms with van der Waals surface area (Å²) in [6.45, 7) is 2.12. The second-order valence-electron chi connectivity index (χ2n) is 1.65. The molecule has 0 radical (unpaired) electrons. The molecule has 0 aromatic rings. The van der Waals surface area contributed by atoms with E-state index in [1.807, 2.05) is 0 Å². The SMILES string of the molecule is CCCS[I-](OC)(OC)OC. The molecular weight excluding hydrogens is 279 g/mol. The predicted octanol–water partition coefficient (Wildman–Crippen LogP) is -1.11. The molecule has 0 bridgehead atoms. The van der Waals surface area contributed by atoms with Crippen LogP contribution in [0.2, 0.25) is 0 Å². The molecule has 0 saturated carbocycles. The van der Waals surface area contributed by atoms with E-state index in [9.17, 15) is 0 Å².